The molecule has 1 aliphatic rings. The molecule has 0 spiro atoms. The van der Waals surface area contributed by atoms with Crippen molar-refractivity contribution in [3.63, 3.8) is 0 Å². The molecule has 1 aliphatic carbocycles. The van der Waals surface area contributed by atoms with Crippen LogP contribution in [0.5, 0.6) is 0 Å². The van der Waals surface area contributed by atoms with E-state index >= 15 is 0 Å². The average Bonchev–Trinajstić information content (AvgIpc) is 1.84. The van der Waals surface area contributed by atoms with Crippen molar-refractivity contribution < 1.29 is 18.6 Å². The van der Waals surface area contributed by atoms with Crippen molar-refractivity contribution >= 4 is 0 Å². The van der Waals surface area contributed by atoms with Crippen LogP contribution in [-0.4, -0.2) is 31.4 Å². The van der Waals surface area contributed by atoms with E-state index in [2.05, 4.69) is 0 Å². The van der Waals surface area contributed by atoms with Crippen LogP contribution in [0.4, 0.5) is 8.78 Å². The second-order valence-electron chi connectivity index (χ2n) is 3.30. The molecular formula is C7H12F2O2. The van der Waals surface area contributed by atoms with Crippen molar-refractivity contribution in [1.82, 2.24) is 0 Å². The first-order valence-corrected chi connectivity index (χ1v) is 3.51. The van der Waals surface area contributed by atoms with Crippen LogP contribution in [0, 0.1) is 5.41 Å². The first kappa shape index (κ1) is 8.87. The number of rotatable bonds is 3. The van der Waals surface area contributed by atoms with Crippen LogP contribution >= 0.6 is 0 Å². The maximum absolute atomic E-state index is 12.4. The zero-order chi connectivity index (χ0) is 8.54. The lowest BCUT2D eigenvalue weighted by Crippen LogP contribution is -2.51. The molecule has 11 heavy (non-hydrogen) atoms. The van der Waals surface area contributed by atoms with Gasteiger partial charge in [0.25, 0.3) is 0 Å². The van der Waals surface area contributed by atoms with Gasteiger partial charge in [-0.2, -0.15) is 0 Å². The molecule has 0 bridgehead atoms. The molecule has 0 aromatic heterocycles. The normalized spacial score (nSPS) is 26.2. The Balaban J connectivity index is 2.43. The summed E-state index contributed by atoms with van der Waals surface area (Å²) in [4.78, 5) is 0. The van der Waals surface area contributed by atoms with Gasteiger partial charge >= 0.3 is 0 Å². The monoisotopic (exact) mass is 166 g/mol. The zero-order valence-corrected chi connectivity index (χ0v) is 6.44. The molecule has 66 valence electrons. The molecular weight excluding hydrogens is 154 g/mol. The van der Waals surface area contributed by atoms with Gasteiger partial charge < -0.3 is 9.84 Å². The summed E-state index contributed by atoms with van der Waals surface area (Å²) in [5, 5.41) is 8.79. The third kappa shape index (κ3) is 1.68. The van der Waals surface area contributed by atoms with Gasteiger partial charge in [-0.25, -0.2) is 8.78 Å². The maximum Gasteiger partial charge on any atom is 0.249 e. The van der Waals surface area contributed by atoms with E-state index in [9.17, 15) is 8.78 Å². The van der Waals surface area contributed by atoms with Crippen LogP contribution in [0.25, 0.3) is 0 Å². The predicted molar refractivity (Wildman–Crippen MR) is 35.6 cm³/mol. The highest BCUT2D eigenvalue weighted by Crippen LogP contribution is 2.51. The summed E-state index contributed by atoms with van der Waals surface area (Å²) >= 11 is 0. The Bertz CT molecular complexity index is 139. The molecule has 1 fully saturated rings. The van der Waals surface area contributed by atoms with Crippen LogP contribution in [0.1, 0.15) is 12.8 Å². The fraction of sp³-hybridized carbons (Fsp3) is 1.00. The van der Waals surface area contributed by atoms with Crippen molar-refractivity contribution in [3.05, 3.63) is 0 Å². The number of methoxy groups -OCH3 is 1. The van der Waals surface area contributed by atoms with Crippen molar-refractivity contribution in [2.45, 2.75) is 18.8 Å². The Morgan fingerprint density at radius 1 is 1.45 bits per heavy atom. The summed E-state index contributed by atoms with van der Waals surface area (Å²) in [7, 11) is 1.45. The number of aliphatic hydroxyl groups excluding tert-OH is 1. The van der Waals surface area contributed by atoms with Crippen LogP contribution in [0.3, 0.4) is 0 Å². The molecule has 4 heteroatoms. The average molecular weight is 166 g/mol. The third-order valence-electron chi connectivity index (χ3n) is 2.05. The van der Waals surface area contributed by atoms with Crippen molar-refractivity contribution in [2.75, 3.05) is 20.3 Å². The van der Waals surface area contributed by atoms with Gasteiger partial charge in [0.05, 0.1) is 13.2 Å². The molecule has 0 heterocycles. The lowest BCUT2D eigenvalue weighted by atomic mass is 9.67. The van der Waals surface area contributed by atoms with E-state index in [1.807, 2.05) is 0 Å². The SMILES string of the molecule is COCC1(CO)CC(F)(F)C1. The topological polar surface area (TPSA) is 29.5 Å². The van der Waals surface area contributed by atoms with E-state index in [1.54, 1.807) is 0 Å². The van der Waals surface area contributed by atoms with E-state index in [1.165, 1.54) is 7.11 Å². The zero-order valence-electron chi connectivity index (χ0n) is 6.44. The number of hydrogen-bond acceptors (Lipinski definition) is 2. The van der Waals surface area contributed by atoms with E-state index in [-0.39, 0.29) is 26.1 Å². The van der Waals surface area contributed by atoms with Gasteiger partial charge in [-0.05, 0) is 0 Å². The third-order valence-corrected chi connectivity index (χ3v) is 2.05. The molecule has 0 saturated heterocycles. The molecule has 1 saturated carbocycles. The van der Waals surface area contributed by atoms with Crippen molar-refractivity contribution in [2.24, 2.45) is 5.41 Å². The highest BCUT2D eigenvalue weighted by molar-refractivity contribution is 4.98. The largest absolute Gasteiger partial charge is 0.396 e. The second-order valence-corrected chi connectivity index (χ2v) is 3.30. The molecule has 0 radical (unpaired) electrons. The number of ether oxygens (including phenoxy) is 1. The van der Waals surface area contributed by atoms with Crippen molar-refractivity contribution in [1.29, 1.82) is 0 Å². The minimum atomic E-state index is -2.58. The fourth-order valence-electron chi connectivity index (χ4n) is 1.61. The summed E-state index contributed by atoms with van der Waals surface area (Å²) in [6.07, 6.45) is -0.491. The lowest BCUT2D eigenvalue weighted by Gasteiger charge is -2.45. The number of halogens is 2. The predicted octanol–water partition coefficient (Wildman–Crippen LogP) is 1.04. The number of alkyl halides is 2. The molecule has 0 aliphatic heterocycles. The molecule has 0 aromatic rings. The standard InChI is InChI=1S/C7H12F2O2/c1-11-5-6(4-10)2-7(8,9)3-6/h10H,2-5H2,1H3. The Hall–Kier alpha value is -0.220. The fourth-order valence-corrected chi connectivity index (χ4v) is 1.61. The maximum atomic E-state index is 12.4. The quantitative estimate of drug-likeness (QED) is 0.678. The smallest absolute Gasteiger partial charge is 0.249 e. The minimum absolute atomic E-state index is 0.212. The molecule has 0 unspecified atom stereocenters. The van der Waals surface area contributed by atoms with Gasteiger partial charge in [-0.1, -0.05) is 0 Å². The molecule has 1 rings (SSSR count). The number of hydrogen-bond donors (Lipinski definition) is 1. The molecule has 1 N–H and O–H groups in total. The summed E-state index contributed by atoms with van der Waals surface area (Å²) in [6.45, 7) is 0.00944. The van der Waals surface area contributed by atoms with Gasteiger partial charge in [0.15, 0.2) is 0 Å². The summed E-state index contributed by atoms with van der Waals surface area (Å²) in [5.41, 5.74) is -0.668. The van der Waals surface area contributed by atoms with E-state index < -0.39 is 11.3 Å². The Morgan fingerprint density at radius 2 is 2.00 bits per heavy atom. The summed E-state index contributed by atoms with van der Waals surface area (Å²) in [6, 6.07) is 0. The highest BCUT2D eigenvalue weighted by atomic mass is 19.3. The van der Waals surface area contributed by atoms with Crippen molar-refractivity contribution in [3.8, 4) is 0 Å². The Kier molecular flexibility index (Phi) is 2.16. The van der Waals surface area contributed by atoms with E-state index in [0.29, 0.717) is 0 Å². The lowest BCUT2D eigenvalue weighted by molar-refractivity contribution is -0.193. The van der Waals surface area contributed by atoms with Crippen LogP contribution in [0.2, 0.25) is 0 Å². The Morgan fingerprint density at radius 3 is 2.27 bits per heavy atom. The van der Waals surface area contributed by atoms with Crippen LogP contribution in [-0.2, 0) is 4.74 Å². The molecule has 0 atom stereocenters. The highest BCUT2D eigenvalue weighted by Gasteiger charge is 2.56. The first-order chi connectivity index (χ1) is 5.04. The molecule has 0 amide bonds. The minimum Gasteiger partial charge on any atom is -0.396 e. The van der Waals surface area contributed by atoms with Gasteiger partial charge in [0.2, 0.25) is 5.92 Å². The number of aliphatic hydroxyl groups is 1. The van der Waals surface area contributed by atoms with Crippen LogP contribution < -0.4 is 0 Å². The van der Waals surface area contributed by atoms with Gasteiger partial charge in [0.1, 0.15) is 0 Å². The molecule has 0 aromatic carbocycles. The molecule has 2 nitrogen and oxygen atoms in total. The second kappa shape index (κ2) is 2.68. The first-order valence-electron chi connectivity index (χ1n) is 3.51. The van der Waals surface area contributed by atoms with Gasteiger partial charge in [0, 0.05) is 25.4 Å². The van der Waals surface area contributed by atoms with Crippen LogP contribution in [0.15, 0.2) is 0 Å². The van der Waals surface area contributed by atoms with Gasteiger partial charge in [-0.15, -0.1) is 0 Å². The Labute approximate surface area is 64.2 Å². The summed E-state index contributed by atoms with van der Waals surface area (Å²) < 4.78 is 29.5. The summed E-state index contributed by atoms with van der Waals surface area (Å²) in [5.74, 6) is -2.58. The van der Waals surface area contributed by atoms with E-state index in [0.717, 1.165) is 0 Å². The van der Waals surface area contributed by atoms with Gasteiger partial charge in [-0.3, -0.25) is 0 Å². The van der Waals surface area contributed by atoms with E-state index in [4.69, 9.17) is 9.84 Å².